The Hall–Kier alpha value is -1.43. The molecule has 2 aliphatic rings. The van der Waals surface area contributed by atoms with E-state index in [0.717, 1.165) is 25.7 Å². The van der Waals surface area contributed by atoms with Crippen LogP contribution in [0.25, 0.3) is 0 Å². The molecule has 0 radical (unpaired) electrons. The van der Waals surface area contributed by atoms with Gasteiger partial charge in [-0.2, -0.15) is 0 Å². The third-order valence-electron chi connectivity index (χ3n) is 4.64. The molecule has 0 aliphatic carbocycles. The molecule has 2 saturated heterocycles. The number of amides is 1. The first-order chi connectivity index (χ1) is 9.99. The number of carbonyl (C=O) groups is 1. The van der Waals surface area contributed by atoms with Crippen LogP contribution in [0, 0.1) is 17.0 Å². The fraction of sp³-hybridized carbons (Fsp3) is 0.533. The van der Waals surface area contributed by atoms with Crippen molar-refractivity contribution in [1.29, 1.82) is 0 Å². The topological polar surface area (TPSA) is 63.5 Å². The SMILES string of the molecule is Cc1c(C(=O)N2C3CCC2CC(Br)C3)cccc1[N+](=O)[O-]. The van der Waals surface area contributed by atoms with Crippen LogP contribution in [0.5, 0.6) is 0 Å². The van der Waals surface area contributed by atoms with E-state index in [0.29, 0.717) is 16.0 Å². The predicted octanol–water partition coefficient (Wildman–Crippen LogP) is 3.43. The number of nitrogens with zero attached hydrogens (tertiary/aromatic N) is 2. The number of nitro benzene ring substituents is 1. The number of halogens is 1. The van der Waals surface area contributed by atoms with E-state index in [2.05, 4.69) is 15.9 Å². The Morgan fingerprint density at radius 2 is 1.95 bits per heavy atom. The highest BCUT2D eigenvalue weighted by Gasteiger charge is 2.43. The third kappa shape index (κ3) is 2.46. The first-order valence-corrected chi connectivity index (χ1v) is 8.11. The van der Waals surface area contributed by atoms with Crippen LogP contribution in [0.3, 0.4) is 0 Å². The Morgan fingerprint density at radius 1 is 1.33 bits per heavy atom. The van der Waals surface area contributed by atoms with E-state index in [1.165, 1.54) is 6.07 Å². The van der Waals surface area contributed by atoms with Crippen LogP contribution in [-0.2, 0) is 0 Å². The molecule has 3 rings (SSSR count). The molecule has 5 nitrogen and oxygen atoms in total. The van der Waals surface area contributed by atoms with Crippen molar-refractivity contribution in [1.82, 2.24) is 4.90 Å². The lowest BCUT2D eigenvalue weighted by molar-refractivity contribution is -0.385. The summed E-state index contributed by atoms with van der Waals surface area (Å²) in [6.45, 7) is 1.66. The van der Waals surface area contributed by atoms with E-state index < -0.39 is 4.92 Å². The second-order valence-electron chi connectivity index (χ2n) is 5.87. The van der Waals surface area contributed by atoms with E-state index in [1.54, 1.807) is 19.1 Å². The van der Waals surface area contributed by atoms with Gasteiger partial charge in [-0.1, -0.05) is 22.0 Å². The maximum absolute atomic E-state index is 12.9. The fourth-order valence-corrected chi connectivity index (χ4v) is 4.50. The minimum absolute atomic E-state index is 0.0172. The summed E-state index contributed by atoms with van der Waals surface area (Å²) in [6, 6.07) is 5.27. The molecular formula is C15H17BrN2O3. The summed E-state index contributed by atoms with van der Waals surface area (Å²) in [4.78, 5) is 25.9. The Balaban J connectivity index is 1.93. The molecule has 0 spiro atoms. The Kier molecular flexibility index (Phi) is 3.73. The zero-order valence-electron chi connectivity index (χ0n) is 11.8. The lowest BCUT2D eigenvalue weighted by Crippen LogP contribution is -2.47. The molecule has 112 valence electrons. The Labute approximate surface area is 131 Å². The summed E-state index contributed by atoms with van der Waals surface area (Å²) in [6.07, 6.45) is 4.01. The highest BCUT2D eigenvalue weighted by molar-refractivity contribution is 9.09. The number of piperidine rings is 1. The second kappa shape index (κ2) is 5.40. The van der Waals surface area contributed by atoms with Crippen LogP contribution in [0.15, 0.2) is 18.2 Å². The van der Waals surface area contributed by atoms with Crippen molar-refractivity contribution in [3.05, 3.63) is 39.4 Å². The monoisotopic (exact) mass is 352 g/mol. The third-order valence-corrected chi connectivity index (χ3v) is 5.39. The van der Waals surface area contributed by atoms with E-state index in [4.69, 9.17) is 0 Å². The van der Waals surface area contributed by atoms with E-state index in [9.17, 15) is 14.9 Å². The molecule has 2 aliphatic heterocycles. The van der Waals surface area contributed by atoms with Gasteiger partial charge in [-0.3, -0.25) is 14.9 Å². The summed E-state index contributed by atoms with van der Waals surface area (Å²) in [5.41, 5.74) is 0.950. The summed E-state index contributed by atoms with van der Waals surface area (Å²) in [5.74, 6) is -0.0527. The highest BCUT2D eigenvalue weighted by Crippen LogP contribution is 2.39. The molecule has 2 fully saturated rings. The van der Waals surface area contributed by atoms with Gasteiger partial charge in [0.15, 0.2) is 0 Å². The molecule has 2 unspecified atom stereocenters. The summed E-state index contributed by atoms with van der Waals surface area (Å²) in [7, 11) is 0. The molecule has 1 amide bonds. The number of alkyl halides is 1. The first kappa shape index (κ1) is 14.5. The number of carbonyl (C=O) groups excluding carboxylic acids is 1. The molecule has 0 N–H and O–H groups in total. The van der Waals surface area contributed by atoms with Gasteiger partial charge in [0, 0.05) is 34.1 Å². The summed E-state index contributed by atoms with van der Waals surface area (Å²) < 4.78 is 0. The minimum atomic E-state index is -0.425. The van der Waals surface area contributed by atoms with Crippen molar-refractivity contribution >= 4 is 27.5 Å². The molecule has 2 heterocycles. The Morgan fingerprint density at radius 3 is 2.52 bits per heavy atom. The van der Waals surface area contributed by atoms with Gasteiger partial charge in [0.05, 0.1) is 4.92 Å². The first-order valence-electron chi connectivity index (χ1n) is 7.19. The van der Waals surface area contributed by atoms with Gasteiger partial charge < -0.3 is 4.90 Å². The van der Waals surface area contributed by atoms with Gasteiger partial charge in [0.2, 0.25) is 0 Å². The van der Waals surface area contributed by atoms with Gasteiger partial charge in [0.1, 0.15) is 0 Å². The van der Waals surface area contributed by atoms with Crippen LogP contribution in [0.2, 0.25) is 0 Å². The summed E-state index contributed by atoms with van der Waals surface area (Å²) in [5, 5.41) is 11.0. The van der Waals surface area contributed by atoms with E-state index in [-0.39, 0.29) is 23.7 Å². The molecule has 1 aromatic carbocycles. The van der Waals surface area contributed by atoms with E-state index >= 15 is 0 Å². The molecule has 0 saturated carbocycles. The smallest absolute Gasteiger partial charge is 0.273 e. The zero-order chi connectivity index (χ0) is 15.1. The average Bonchev–Trinajstić information content (AvgIpc) is 2.70. The molecule has 6 heteroatoms. The Bertz CT molecular complexity index is 591. The highest BCUT2D eigenvalue weighted by atomic mass is 79.9. The second-order valence-corrected chi connectivity index (χ2v) is 7.17. The zero-order valence-corrected chi connectivity index (χ0v) is 13.4. The normalized spacial score (nSPS) is 27.7. The quantitative estimate of drug-likeness (QED) is 0.465. The van der Waals surface area contributed by atoms with Crippen molar-refractivity contribution in [3.8, 4) is 0 Å². The van der Waals surface area contributed by atoms with Crippen LogP contribution in [0.4, 0.5) is 5.69 Å². The maximum Gasteiger partial charge on any atom is 0.273 e. The maximum atomic E-state index is 12.9. The number of benzene rings is 1. The van der Waals surface area contributed by atoms with E-state index in [1.807, 2.05) is 4.90 Å². The summed E-state index contributed by atoms with van der Waals surface area (Å²) >= 11 is 3.66. The lowest BCUT2D eigenvalue weighted by Gasteiger charge is -2.37. The van der Waals surface area contributed by atoms with Crippen molar-refractivity contribution in [3.63, 3.8) is 0 Å². The van der Waals surface area contributed by atoms with Crippen molar-refractivity contribution in [2.45, 2.75) is 49.5 Å². The minimum Gasteiger partial charge on any atom is -0.333 e. The average molecular weight is 353 g/mol. The van der Waals surface area contributed by atoms with Crippen molar-refractivity contribution < 1.29 is 9.72 Å². The molecule has 21 heavy (non-hydrogen) atoms. The number of rotatable bonds is 2. The fourth-order valence-electron chi connectivity index (χ4n) is 3.63. The molecule has 2 bridgehead atoms. The molecule has 0 aromatic heterocycles. The van der Waals surface area contributed by atoms with Crippen molar-refractivity contribution in [2.75, 3.05) is 0 Å². The number of hydrogen-bond acceptors (Lipinski definition) is 3. The number of fused-ring (bicyclic) bond motifs is 2. The van der Waals surface area contributed by atoms with Crippen molar-refractivity contribution in [2.24, 2.45) is 0 Å². The van der Waals surface area contributed by atoms with Gasteiger partial charge in [0.25, 0.3) is 11.6 Å². The van der Waals surface area contributed by atoms with Crippen LogP contribution >= 0.6 is 15.9 Å². The van der Waals surface area contributed by atoms with Gasteiger partial charge in [-0.15, -0.1) is 0 Å². The van der Waals surface area contributed by atoms with Crippen LogP contribution in [0.1, 0.15) is 41.6 Å². The number of nitro groups is 1. The van der Waals surface area contributed by atoms with Gasteiger partial charge in [-0.05, 0) is 38.7 Å². The van der Waals surface area contributed by atoms with Gasteiger partial charge in [-0.25, -0.2) is 0 Å². The molecular weight excluding hydrogens is 336 g/mol. The largest absolute Gasteiger partial charge is 0.333 e. The predicted molar refractivity (Wildman–Crippen MR) is 82.8 cm³/mol. The van der Waals surface area contributed by atoms with Crippen LogP contribution < -0.4 is 0 Å². The lowest BCUT2D eigenvalue weighted by atomic mass is 9.99. The number of hydrogen-bond donors (Lipinski definition) is 0. The molecule has 1 aromatic rings. The van der Waals surface area contributed by atoms with Crippen LogP contribution in [-0.4, -0.2) is 32.6 Å². The van der Waals surface area contributed by atoms with Gasteiger partial charge >= 0.3 is 0 Å². The molecule has 2 atom stereocenters. The standard InChI is InChI=1S/C15H17BrN2O3/c1-9-13(3-2-4-14(9)18(20)21)15(19)17-11-5-6-12(17)8-10(16)7-11/h2-4,10-12H,5-8H2,1H3.